The van der Waals surface area contributed by atoms with Crippen LogP contribution < -0.4 is 5.56 Å². The third-order valence-electron chi connectivity index (χ3n) is 4.00. The van der Waals surface area contributed by atoms with Crippen LogP contribution in [-0.2, 0) is 6.54 Å². The van der Waals surface area contributed by atoms with Crippen LogP contribution in [0.4, 0.5) is 8.78 Å². The highest BCUT2D eigenvalue weighted by molar-refractivity contribution is 8.00. The molecule has 1 atom stereocenters. The molecule has 1 heterocycles. The minimum absolute atomic E-state index is 0.0788. The molecule has 26 heavy (non-hydrogen) atoms. The molecule has 134 valence electrons. The largest absolute Gasteiger partial charge is 0.293 e. The number of nitrogens with zero attached hydrogens (tertiary/aromatic N) is 2. The van der Waals surface area contributed by atoms with Crippen LogP contribution >= 0.6 is 11.8 Å². The maximum Gasteiger partial charge on any atom is 0.262 e. The highest BCUT2D eigenvalue weighted by Crippen LogP contribution is 2.25. The van der Waals surface area contributed by atoms with Crippen LogP contribution in [0, 0.1) is 11.6 Å². The summed E-state index contributed by atoms with van der Waals surface area (Å²) in [6.45, 7) is 3.88. The van der Waals surface area contributed by atoms with Gasteiger partial charge in [0, 0.05) is 12.1 Å². The first kappa shape index (κ1) is 18.3. The Morgan fingerprint density at radius 2 is 1.92 bits per heavy atom. The fraction of sp³-hybridized carbons (Fsp3) is 0.211. The van der Waals surface area contributed by atoms with E-state index in [1.165, 1.54) is 10.6 Å². The van der Waals surface area contributed by atoms with E-state index in [1.54, 1.807) is 31.2 Å². The molecule has 7 heteroatoms. The molecule has 0 aliphatic rings. The van der Waals surface area contributed by atoms with Crippen molar-refractivity contribution in [1.82, 2.24) is 9.55 Å². The van der Waals surface area contributed by atoms with E-state index in [1.807, 2.05) is 6.92 Å². The van der Waals surface area contributed by atoms with Crippen LogP contribution in [0.25, 0.3) is 10.9 Å². The summed E-state index contributed by atoms with van der Waals surface area (Å²) in [7, 11) is 0. The molecule has 4 nitrogen and oxygen atoms in total. The molecular formula is C19H16F2N2O2S. The summed E-state index contributed by atoms with van der Waals surface area (Å²) in [5, 5.41) is 0.309. The molecule has 0 bridgehead atoms. The molecule has 0 unspecified atom stereocenters. The Kier molecular flexibility index (Phi) is 5.18. The van der Waals surface area contributed by atoms with Crippen molar-refractivity contribution in [2.75, 3.05) is 0 Å². The number of halogens is 2. The maximum atomic E-state index is 13.4. The lowest BCUT2D eigenvalue weighted by Crippen LogP contribution is -2.24. The van der Waals surface area contributed by atoms with Crippen molar-refractivity contribution in [3.05, 3.63) is 70.0 Å². The molecule has 0 fully saturated rings. The van der Waals surface area contributed by atoms with E-state index in [-0.39, 0.29) is 16.9 Å². The first-order valence-electron chi connectivity index (χ1n) is 8.08. The van der Waals surface area contributed by atoms with Gasteiger partial charge in [0.05, 0.1) is 16.2 Å². The number of fused-ring (bicyclic) bond motifs is 1. The van der Waals surface area contributed by atoms with E-state index >= 15 is 0 Å². The summed E-state index contributed by atoms with van der Waals surface area (Å²) in [4.78, 5) is 29.6. The summed E-state index contributed by atoms with van der Waals surface area (Å²) in [5.74, 6) is -2.43. The minimum Gasteiger partial charge on any atom is -0.293 e. The fourth-order valence-electron chi connectivity index (χ4n) is 2.61. The lowest BCUT2D eigenvalue weighted by molar-refractivity contribution is 0.0993. The molecule has 0 N–H and O–H groups in total. The number of ketones is 1. The molecule has 0 spiro atoms. The average molecular weight is 374 g/mol. The van der Waals surface area contributed by atoms with Gasteiger partial charge in [-0.1, -0.05) is 23.9 Å². The first-order valence-corrected chi connectivity index (χ1v) is 8.95. The number of rotatable bonds is 5. The number of benzene rings is 2. The van der Waals surface area contributed by atoms with Gasteiger partial charge in [0.15, 0.2) is 22.6 Å². The van der Waals surface area contributed by atoms with Gasteiger partial charge in [0.25, 0.3) is 5.56 Å². The van der Waals surface area contributed by atoms with Crippen LogP contribution in [0.5, 0.6) is 0 Å². The quantitative estimate of drug-likeness (QED) is 0.384. The van der Waals surface area contributed by atoms with Gasteiger partial charge in [0.2, 0.25) is 0 Å². The Hall–Kier alpha value is -2.54. The normalized spacial score (nSPS) is 12.3. The summed E-state index contributed by atoms with van der Waals surface area (Å²) < 4.78 is 27.9. The number of hydrogen-bond donors (Lipinski definition) is 0. The number of thioether (sulfide) groups is 1. The van der Waals surface area contributed by atoms with Gasteiger partial charge in [-0.15, -0.1) is 0 Å². The summed E-state index contributed by atoms with van der Waals surface area (Å²) >= 11 is 1.12. The summed E-state index contributed by atoms with van der Waals surface area (Å²) in [6.07, 6.45) is 0. The Bertz CT molecular complexity index is 1050. The molecule has 1 aromatic heterocycles. The lowest BCUT2D eigenvalue weighted by Gasteiger charge is -2.15. The average Bonchev–Trinajstić information content (AvgIpc) is 2.63. The van der Waals surface area contributed by atoms with Gasteiger partial charge < -0.3 is 0 Å². The Labute approximate surface area is 152 Å². The molecule has 0 saturated carbocycles. The summed E-state index contributed by atoms with van der Waals surface area (Å²) in [5.41, 5.74) is 0.459. The van der Waals surface area contributed by atoms with Crippen molar-refractivity contribution in [2.24, 2.45) is 0 Å². The molecule has 2 aromatic carbocycles. The van der Waals surface area contributed by atoms with Crippen LogP contribution in [0.2, 0.25) is 0 Å². The van der Waals surface area contributed by atoms with Crippen molar-refractivity contribution in [3.63, 3.8) is 0 Å². The number of Topliss-reactive ketones (excluding diaryl/α,β-unsaturated/α-hetero) is 1. The number of aromatic nitrogens is 2. The molecular weight excluding hydrogens is 358 g/mol. The van der Waals surface area contributed by atoms with Crippen molar-refractivity contribution in [3.8, 4) is 0 Å². The van der Waals surface area contributed by atoms with Crippen molar-refractivity contribution in [1.29, 1.82) is 0 Å². The molecule has 3 rings (SSSR count). The zero-order valence-electron chi connectivity index (χ0n) is 14.2. The fourth-order valence-corrected chi connectivity index (χ4v) is 3.66. The van der Waals surface area contributed by atoms with Crippen molar-refractivity contribution in [2.45, 2.75) is 30.8 Å². The maximum absolute atomic E-state index is 13.4. The van der Waals surface area contributed by atoms with Crippen molar-refractivity contribution < 1.29 is 13.6 Å². The second-order valence-corrected chi connectivity index (χ2v) is 7.02. The molecule has 3 aromatic rings. The monoisotopic (exact) mass is 374 g/mol. The van der Waals surface area contributed by atoms with Gasteiger partial charge in [-0.05, 0) is 44.2 Å². The Morgan fingerprint density at radius 3 is 2.62 bits per heavy atom. The SMILES string of the molecule is CCn1c(S[C@@H](C)C(=O)c2ccc(F)c(F)c2)nc2ccccc2c1=O. The smallest absolute Gasteiger partial charge is 0.262 e. The van der Waals surface area contributed by atoms with Crippen LogP contribution in [-0.4, -0.2) is 20.6 Å². The first-order chi connectivity index (χ1) is 12.4. The predicted molar refractivity (Wildman–Crippen MR) is 97.7 cm³/mol. The highest BCUT2D eigenvalue weighted by atomic mass is 32.2. The number of carbonyl (C=O) groups is 1. The van der Waals surface area contributed by atoms with E-state index in [0.29, 0.717) is 22.6 Å². The van der Waals surface area contributed by atoms with Crippen LogP contribution in [0.3, 0.4) is 0 Å². The minimum atomic E-state index is -1.07. The van der Waals surface area contributed by atoms with Gasteiger partial charge in [0.1, 0.15) is 0 Å². The Morgan fingerprint density at radius 1 is 1.19 bits per heavy atom. The van der Waals surface area contributed by atoms with Crippen molar-refractivity contribution >= 4 is 28.4 Å². The van der Waals surface area contributed by atoms with E-state index in [9.17, 15) is 18.4 Å². The van der Waals surface area contributed by atoms with Gasteiger partial charge >= 0.3 is 0 Å². The lowest BCUT2D eigenvalue weighted by atomic mass is 10.1. The molecule has 0 saturated heterocycles. The van der Waals surface area contributed by atoms with Crippen LogP contribution in [0.15, 0.2) is 52.4 Å². The topological polar surface area (TPSA) is 52.0 Å². The van der Waals surface area contributed by atoms with E-state index in [2.05, 4.69) is 4.98 Å². The third kappa shape index (κ3) is 3.39. The number of para-hydroxylation sites is 1. The third-order valence-corrected chi connectivity index (χ3v) is 5.09. The van der Waals surface area contributed by atoms with Gasteiger partial charge in [-0.3, -0.25) is 14.2 Å². The summed E-state index contributed by atoms with van der Waals surface area (Å²) in [6, 6.07) is 10.1. The molecule has 0 amide bonds. The second-order valence-electron chi connectivity index (χ2n) is 5.71. The number of carbonyl (C=O) groups excluding carboxylic acids is 1. The van der Waals surface area contributed by atoms with E-state index < -0.39 is 16.9 Å². The van der Waals surface area contributed by atoms with Crippen LogP contribution in [0.1, 0.15) is 24.2 Å². The van der Waals surface area contributed by atoms with Gasteiger partial charge in [-0.25, -0.2) is 13.8 Å². The number of hydrogen-bond acceptors (Lipinski definition) is 4. The second kappa shape index (κ2) is 7.37. The zero-order chi connectivity index (χ0) is 18.8. The highest BCUT2D eigenvalue weighted by Gasteiger charge is 2.21. The van der Waals surface area contributed by atoms with E-state index in [0.717, 1.165) is 23.9 Å². The predicted octanol–water partition coefficient (Wildman–Crippen LogP) is 4.06. The molecule has 0 radical (unpaired) electrons. The molecule has 0 aliphatic heterocycles. The zero-order valence-corrected chi connectivity index (χ0v) is 15.0. The standard InChI is InChI=1S/C19H16F2N2O2S/c1-3-23-18(25)13-6-4-5-7-16(13)22-19(23)26-11(2)17(24)12-8-9-14(20)15(21)10-12/h4-11H,3H2,1-2H3/t11-/m0/s1. The Balaban J connectivity index is 1.96. The molecule has 0 aliphatic carbocycles. The van der Waals surface area contributed by atoms with Gasteiger partial charge in [-0.2, -0.15) is 0 Å². The van der Waals surface area contributed by atoms with E-state index in [4.69, 9.17) is 0 Å².